The Morgan fingerprint density at radius 2 is 1.87 bits per heavy atom. The second-order valence-electron chi connectivity index (χ2n) is 7.73. The smallest absolute Gasteiger partial charge is 0.263 e. The average molecular weight is 438 g/mol. The van der Waals surface area contributed by atoms with E-state index in [2.05, 4.69) is 29.5 Å². The number of anilines is 2. The zero-order valence-corrected chi connectivity index (χ0v) is 18.3. The van der Waals surface area contributed by atoms with E-state index in [1.54, 1.807) is 30.0 Å². The van der Waals surface area contributed by atoms with E-state index in [9.17, 15) is 14.4 Å². The van der Waals surface area contributed by atoms with Crippen molar-refractivity contribution in [1.82, 2.24) is 5.01 Å². The van der Waals surface area contributed by atoms with Gasteiger partial charge in [-0.15, -0.1) is 11.8 Å². The highest BCUT2D eigenvalue weighted by atomic mass is 32.2. The molecule has 2 heterocycles. The van der Waals surface area contributed by atoms with Crippen LogP contribution in [0, 0.1) is 0 Å². The summed E-state index contributed by atoms with van der Waals surface area (Å²) in [6.07, 6.45) is 1.95. The number of fused-ring (bicyclic) bond motifs is 1. The van der Waals surface area contributed by atoms with Crippen LogP contribution in [-0.4, -0.2) is 47.6 Å². The molecule has 0 bridgehead atoms. The summed E-state index contributed by atoms with van der Waals surface area (Å²) in [6.45, 7) is 3.98. The van der Waals surface area contributed by atoms with Gasteiger partial charge in [0.15, 0.2) is 12.1 Å². The van der Waals surface area contributed by atoms with Crippen LogP contribution in [0.1, 0.15) is 25.3 Å². The molecule has 0 unspecified atom stereocenters. The van der Waals surface area contributed by atoms with Crippen LogP contribution in [0.15, 0.2) is 63.8 Å². The van der Waals surface area contributed by atoms with Gasteiger partial charge < -0.3 is 5.32 Å². The van der Waals surface area contributed by atoms with Crippen molar-refractivity contribution in [3.63, 3.8) is 0 Å². The fourth-order valence-electron chi connectivity index (χ4n) is 3.67. The molecule has 31 heavy (non-hydrogen) atoms. The SMILES string of the molecule is CSc1cccc(NC(=O)CN2N=N[C@@H]3C(=O)N(c4ccc(C(C)C)cc4)C(=O)[C@H]32)c1. The predicted octanol–water partition coefficient (Wildman–Crippen LogP) is 3.46. The Bertz CT molecular complexity index is 1050. The van der Waals surface area contributed by atoms with E-state index in [1.165, 1.54) is 5.01 Å². The largest absolute Gasteiger partial charge is 0.324 e. The number of hydrogen-bond donors (Lipinski definition) is 1. The second kappa shape index (κ2) is 8.50. The number of thioether (sulfide) groups is 1. The lowest BCUT2D eigenvalue weighted by Crippen LogP contribution is -2.43. The number of hydrogen-bond acceptors (Lipinski definition) is 7. The van der Waals surface area contributed by atoms with Crippen molar-refractivity contribution >= 4 is 40.9 Å². The normalized spacial score (nSPS) is 20.0. The summed E-state index contributed by atoms with van der Waals surface area (Å²) in [6, 6.07) is 13.0. The Balaban J connectivity index is 1.47. The second-order valence-corrected chi connectivity index (χ2v) is 8.61. The Hall–Kier alpha value is -3.20. The van der Waals surface area contributed by atoms with Gasteiger partial charge in [0.1, 0.15) is 6.54 Å². The lowest BCUT2D eigenvalue weighted by molar-refractivity contribution is -0.123. The summed E-state index contributed by atoms with van der Waals surface area (Å²) >= 11 is 1.57. The van der Waals surface area contributed by atoms with Crippen LogP contribution in [0.25, 0.3) is 0 Å². The molecule has 0 radical (unpaired) electrons. The fraction of sp³-hybridized carbons (Fsp3) is 0.318. The summed E-state index contributed by atoms with van der Waals surface area (Å²) in [5, 5.41) is 12.0. The molecule has 0 aliphatic carbocycles. The van der Waals surface area contributed by atoms with E-state index in [4.69, 9.17) is 0 Å². The van der Waals surface area contributed by atoms with Gasteiger partial charge in [-0.05, 0) is 48.1 Å². The monoisotopic (exact) mass is 437 g/mol. The maximum absolute atomic E-state index is 13.1. The quantitative estimate of drug-likeness (QED) is 0.552. The fourth-order valence-corrected chi connectivity index (χ4v) is 4.12. The molecule has 0 aromatic heterocycles. The highest BCUT2D eigenvalue weighted by Crippen LogP contribution is 2.32. The zero-order chi connectivity index (χ0) is 22.1. The van der Waals surface area contributed by atoms with E-state index < -0.39 is 23.9 Å². The van der Waals surface area contributed by atoms with E-state index in [-0.39, 0.29) is 12.5 Å². The number of carbonyl (C=O) groups is 3. The minimum atomic E-state index is -0.926. The average Bonchev–Trinajstić information content (AvgIpc) is 3.27. The molecule has 2 aliphatic heterocycles. The predicted molar refractivity (Wildman–Crippen MR) is 119 cm³/mol. The molecule has 1 fully saturated rings. The van der Waals surface area contributed by atoms with Crippen LogP contribution in [0.4, 0.5) is 11.4 Å². The topological polar surface area (TPSA) is 94.4 Å². The molecule has 9 heteroatoms. The Morgan fingerprint density at radius 1 is 1.13 bits per heavy atom. The van der Waals surface area contributed by atoms with Gasteiger partial charge in [-0.1, -0.05) is 37.3 Å². The number of imide groups is 1. The maximum Gasteiger partial charge on any atom is 0.263 e. The van der Waals surface area contributed by atoms with Gasteiger partial charge in [0.25, 0.3) is 11.8 Å². The van der Waals surface area contributed by atoms with E-state index >= 15 is 0 Å². The molecule has 2 aromatic carbocycles. The summed E-state index contributed by atoms with van der Waals surface area (Å²) in [7, 11) is 0. The molecule has 4 rings (SSSR count). The number of nitrogens with one attached hydrogen (secondary N) is 1. The van der Waals surface area contributed by atoms with Crippen molar-refractivity contribution in [1.29, 1.82) is 0 Å². The molecule has 1 saturated heterocycles. The minimum absolute atomic E-state index is 0.173. The van der Waals surface area contributed by atoms with Gasteiger partial charge in [-0.25, -0.2) is 4.90 Å². The van der Waals surface area contributed by atoms with Gasteiger partial charge in [-0.3, -0.25) is 19.4 Å². The molecule has 2 aliphatic rings. The number of nitrogens with zero attached hydrogens (tertiary/aromatic N) is 4. The van der Waals surface area contributed by atoms with Crippen molar-refractivity contribution in [2.45, 2.75) is 36.7 Å². The molecule has 0 spiro atoms. The number of benzene rings is 2. The van der Waals surface area contributed by atoms with E-state index in [0.717, 1.165) is 15.4 Å². The first-order valence-electron chi connectivity index (χ1n) is 9.98. The summed E-state index contributed by atoms with van der Waals surface area (Å²) in [4.78, 5) is 40.6. The molecular weight excluding hydrogens is 414 g/mol. The van der Waals surface area contributed by atoms with Crippen LogP contribution >= 0.6 is 11.8 Å². The van der Waals surface area contributed by atoms with Crippen LogP contribution < -0.4 is 10.2 Å². The van der Waals surface area contributed by atoms with Gasteiger partial charge in [-0.2, -0.15) is 5.11 Å². The first kappa shape index (κ1) is 21.0. The van der Waals surface area contributed by atoms with Crippen molar-refractivity contribution < 1.29 is 14.4 Å². The molecule has 0 saturated carbocycles. The lowest BCUT2D eigenvalue weighted by atomic mass is 10.0. The van der Waals surface area contributed by atoms with E-state index in [1.807, 2.05) is 36.6 Å². The van der Waals surface area contributed by atoms with Crippen LogP contribution in [0.2, 0.25) is 0 Å². The van der Waals surface area contributed by atoms with Crippen molar-refractivity contribution in [2.75, 3.05) is 23.0 Å². The summed E-state index contributed by atoms with van der Waals surface area (Å²) in [5.74, 6) is -0.836. The van der Waals surface area contributed by atoms with Gasteiger partial charge in [0.05, 0.1) is 5.69 Å². The van der Waals surface area contributed by atoms with Gasteiger partial charge in [0.2, 0.25) is 5.91 Å². The Kier molecular flexibility index (Phi) is 5.77. The van der Waals surface area contributed by atoms with Gasteiger partial charge in [0, 0.05) is 10.6 Å². The molecule has 160 valence electrons. The summed E-state index contributed by atoms with van der Waals surface area (Å²) in [5.41, 5.74) is 2.28. The maximum atomic E-state index is 13.1. The standard InChI is InChI=1S/C22H23N5O3S/c1-13(2)14-7-9-16(10-8-14)27-21(29)19-20(22(27)30)26(25-24-19)12-18(28)23-15-5-4-6-17(11-15)31-3/h4-11,13,19-20H,12H2,1-3H3,(H,23,28)/t19-,20-/m0/s1. The molecule has 3 amide bonds. The molecule has 8 nitrogen and oxygen atoms in total. The zero-order valence-electron chi connectivity index (χ0n) is 17.5. The van der Waals surface area contributed by atoms with Crippen LogP contribution in [0.3, 0.4) is 0 Å². The highest BCUT2D eigenvalue weighted by molar-refractivity contribution is 7.98. The van der Waals surface area contributed by atoms with Crippen molar-refractivity contribution in [2.24, 2.45) is 10.3 Å². The van der Waals surface area contributed by atoms with Crippen molar-refractivity contribution in [3.8, 4) is 0 Å². The van der Waals surface area contributed by atoms with Crippen LogP contribution in [0.5, 0.6) is 0 Å². The molecule has 2 atom stereocenters. The molecular formula is C22H23N5O3S. The minimum Gasteiger partial charge on any atom is -0.324 e. The molecule has 1 N–H and O–H groups in total. The number of carbonyl (C=O) groups excluding carboxylic acids is 3. The molecule has 2 aromatic rings. The third kappa shape index (κ3) is 4.05. The summed E-state index contributed by atoms with van der Waals surface area (Å²) < 4.78 is 0. The first-order valence-corrected chi connectivity index (χ1v) is 11.2. The highest BCUT2D eigenvalue weighted by Gasteiger charge is 2.55. The lowest BCUT2D eigenvalue weighted by Gasteiger charge is -2.20. The number of amides is 3. The Morgan fingerprint density at radius 3 is 2.55 bits per heavy atom. The van der Waals surface area contributed by atoms with Crippen LogP contribution in [-0.2, 0) is 14.4 Å². The van der Waals surface area contributed by atoms with E-state index in [0.29, 0.717) is 17.3 Å². The van der Waals surface area contributed by atoms with Gasteiger partial charge >= 0.3 is 0 Å². The first-order chi connectivity index (χ1) is 14.9. The van der Waals surface area contributed by atoms with Crippen molar-refractivity contribution in [3.05, 3.63) is 54.1 Å². The third-order valence-electron chi connectivity index (χ3n) is 5.33. The Labute approximate surface area is 184 Å². The number of rotatable bonds is 6. The third-order valence-corrected chi connectivity index (χ3v) is 6.06.